The lowest BCUT2D eigenvalue weighted by Crippen LogP contribution is -2.38. The molecule has 0 aliphatic carbocycles. The Morgan fingerprint density at radius 3 is 2.71 bits per heavy atom. The van der Waals surface area contributed by atoms with Crippen LogP contribution in [0.2, 0.25) is 0 Å². The number of amidine groups is 1. The van der Waals surface area contributed by atoms with Crippen LogP contribution in [0, 0.1) is 11.3 Å². The summed E-state index contributed by atoms with van der Waals surface area (Å²) in [6, 6.07) is 5.62. The number of carboxylic acid groups (broad SMARTS) is 1. The Balaban J connectivity index is 1.56. The maximum Gasteiger partial charge on any atom is 0.415 e. The van der Waals surface area contributed by atoms with Crippen LogP contribution in [-0.2, 0) is 23.9 Å². The van der Waals surface area contributed by atoms with Crippen molar-refractivity contribution < 1.29 is 43.0 Å². The van der Waals surface area contributed by atoms with Gasteiger partial charge in [-0.3, -0.25) is 29.9 Å². The van der Waals surface area contributed by atoms with Crippen LogP contribution in [0.5, 0.6) is 0 Å². The summed E-state index contributed by atoms with van der Waals surface area (Å²) in [4.78, 5) is 57.4. The lowest BCUT2D eigenvalue weighted by Gasteiger charge is -2.10. The molecule has 0 bridgehead atoms. The van der Waals surface area contributed by atoms with Crippen LogP contribution < -0.4 is 16.0 Å². The van der Waals surface area contributed by atoms with Crippen molar-refractivity contribution in [2.75, 3.05) is 13.3 Å². The second kappa shape index (κ2) is 10.5. The van der Waals surface area contributed by atoms with Gasteiger partial charge in [-0.15, -0.1) is 0 Å². The highest BCUT2D eigenvalue weighted by molar-refractivity contribution is 6.06. The molecule has 180 valence electrons. The predicted molar refractivity (Wildman–Crippen MR) is 114 cm³/mol. The van der Waals surface area contributed by atoms with E-state index in [4.69, 9.17) is 14.9 Å². The van der Waals surface area contributed by atoms with E-state index < -0.39 is 36.6 Å². The first-order chi connectivity index (χ1) is 16.1. The Labute approximate surface area is 192 Å². The second-order valence-electron chi connectivity index (χ2n) is 7.49. The van der Waals surface area contributed by atoms with Gasteiger partial charge >= 0.3 is 18.0 Å². The third-order valence-electron chi connectivity index (χ3n) is 4.92. The molecular weight excluding hydrogens is 452 g/mol. The van der Waals surface area contributed by atoms with Gasteiger partial charge in [0.2, 0.25) is 12.7 Å². The topological polar surface area (TPSA) is 197 Å². The molecule has 2 unspecified atom stereocenters. The van der Waals surface area contributed by atoms with Gasteiger partial charge in [0, 0.05) is 30.5 Å². The molecule has 1 aromatic carbocycles. The largest absolute Gasteiger partial charge is 0.481 e. The summed E-state index contributed by atoms with van der Waals surface area (Å²) in [7, 11) is 0. The molecule has 1 saturated heterocycles. The van der Waals surface area contributed by atoms with E-state index in [-0.39, 0.29) is 36.5 Å². The quantitative estimate of drug-likeness (QED) is 0.158. The number of carbonyl (C=O) groups is 5. The fourth-order valence-electron chi connectivity index (χ4n) is 3.34. The molecule has 13 nitrogen and oxygen atoms in total. The molecule has 1 fully saturated rings. The average molecular weight is 474 g/mol. The normalized spacial score (nSPS) is 17.0. The number of benzene rings is 1. The van der Waals surface area contributed by atoms with E-state index in [2.05, 4.69) is 25.4 Å². The monoisotopic (exact) mass is 474 g/mol. The highest BCUT2D eigenvalue weighted by atomic mass is 16.7. The first-order valence-electron chi connectivity index (χ1n) is 10.1. The van der Waals surface area contributed by atoms with Gasteiger partial charge in [0.05, 0.1) is 12.3 Å². The van der Waals surface area contributed by atoms with Crippen LogP contribution in [-0.4, -0.2) is 60.2 Å². The average Bonchev–Trinajstić information content (AvgIpc) is 3.34. The fraction of sp³-hybridized carbons (Fsp3) is 0.333. The maximum absolute atomic E-state index is 12.5. The molecule has 3 rings (SSSR count). The van der Waals surface area contributed by atoms with Crippen LogP contribution in [0.25, 0.3) is 11.0 Å². The zero-order chi connectivity index (χ0) is 24.8. The van der Waals surface area contributed by atoms with Crippen molar-refractivity contribution in [2.45, 2.75) is 25.8 Å². The summed E-state index contributed by atoms with van der Waals surface area (Å²) in [6.45, 7) is 0.674. The number of hydrogen-bond acceptors (Lipinski definition) is 9. The van der Waals surface area contributed by atoms with E-state index in [1.54, 1.807) is 0 Å². The number of amides is 3. The minimum absolute atomic E-state index is 0.00107. The molecule has 2 aromatic rings. The van der Waals surface area contributed by atoms with Crippen LogP contribution >= 0.6 is 0 Å². The fourth-order valence-corrected chi connectivity index (χ4v) is 3.34. The van der Waals surface area contributed by atoms with Gasteiger partial charge in [-0.1, -0.05) is 0 Å². The summed E-state index contributed by atoms with van der Waals surface area (Å²) < 4.78 is 14.6. The zero-order valence-electron chi connectivity index (χ0n) is 18.0. The highest BCUT2D eigenvalue weighted by Gasteiger charge is 2.33. The maximum atomic E-state index is 12.5. The Kier molecular flexibility index (Phi) is 7.46. The molecule has 0 spiro atoms. The molecule has 0 saturated carbocycles. The molecular formula is C21H22N4O9. The Morgan fingerprint density at radius 1 is 1.24 bits per heavy atom. The lowest BCUT2D eigenvalue weighted by molar-refractivity contribution is -0.149. The van der Waals surface area contributed by atoms with Gasteiger partial charge in [0.25, 0.3) is 5.91 Å². The van der Waals surface area contributed by atoms with Gasteiger partial charge in [0.1, 0.15) is 11.4 Å². The minimum Gasteiger partial charge on any atom is -0.481 e. The number of carbonyl (C=O) groups excluding carboxylic acids is 4. The van der Waals surface area contributed by atoms with Crippen molar-refractivity contribution in [1.82, 2.24) is 16.0 Å². The molecule has 0 radical (unpaired) electrons. The summed E-state index contributed by atoms with van der Waals surface area (Å²) >= 11 is 0. The van der Waals surface area contributed by atoms with Gasteiger partial charge in [-0.2, -0.15) is 0 Å². The van der Waals surface area contributed by atoms with E-state index in [1.165, 1.54) is 24.3 Å². The van der Waals surface area contributed by atoms with E-state index in [0.29, 0.717) is 23.0 Å². The molecule has 1 aromatic heterocycles. The minimum atomic E-state index is -1.06. The van der Waals surface area contributed by atoms with Gasteiger partial charge in [-0.05, 0) is 30.7 Å². The van der Waals surface area contributed by atoms with E-state index in [9.17, 15) is 24.0 Å². The Bertz CT molecular complexity index is 1160. The molecule has 2 atom stereocenters. The van der Waals surface area contributed by atoms with Crippen molar-refractivity contribution in [1.29, 1.82) is 5.41 Å². The Morgan fingerprint density at radius 2 is 2.00 bits per heavy atom. The number of hydrogen-bond donors (Lipinski definition) is 5. The third-order valence-corrected chi connectivity index (χ3v) is 4.92. The van der Waals surface area contributed by atoms with Gasteiger partial charge < -0.3 is 29.6 Å². The van der Waals surface area contributed by atoms with Crippen LogP contribution in [0.15, 0.2) is 28.7 Å². The van der Waals surface area contributed by atoms with Crippen LogP contribution in [0.4, 0.5) is 4.79 Å². The summed E-state index contributed by atoms with van der Waals surface area (Å²) in [5.41, 5.74) is 0.678. The summed E-state index contributed by atoms with van der Waals surface area (Å²) in [6.07, 6.45) is -0.952. The highest BCUT2D eigenvalue weighted by Crippen LogP contribution is 2.22. The van der Waals surface area contributed by atoms with Crippen molar-refractivity contribution >= 4 is 46.7 Å². The number of aliphatic carboxylic acids is 1. The van der Waals surface area contributed by atoms with Gasteiger partial charge in [0.15, 0.2) is 5.76 Å². The van der Waals surface area contributed by atoms with Gasteiger partial charge in [-0.25, -0.2) is 4.79 Å². The van der Waals surface area contributed by atoms with Crippen molar-refractivity contribution in [3.63, 3.8) is 0 Å². The van der Waals surface area contributed by atoms with Crippen molar-refractivity contribution in [3.8, 4) is 0 Å². The first-order valence-corrected chi connectivity index (χ1v) is 10.1. The van der Waals surface area contributed by atoms with Crippen molar-refractivity contribution in [3.05, 3.63) is 35.6 Å². The van der Waals surface area contributed by atoms with Crippen LogP contribution in [0.3, 0.4) is 0 Å². The van der Waals surface area contributed by atoms with Crippen molar-refractivity contribution in [2.24, 2.45) is 5.92 Å². The number of ether oxygens (including phenoxy) is 2. The second-order valence-corrected chi connectivity index (χ2v) is 7.49. The number of carboxylic acids is 1. The van der Waals surface area contributed by atoms with E-state index in [1.807, 2.05) is 0 Å². The van der Waals surface area contributed by atoms with Crippen LogP contribution in [0.1, 0.15) is 35.9 Å². The van der Waals surface area contributed by atoms with E-state index in [0.717, 1.165) is 6.92 Å². The molecule has 5 N–H and O–H groups in total. The Hall–Kier alpha value is -4.42. The van der Waals surface area contributed by atoms with E-state index >= 15 is 0 Å². The first kappa shape index (κ1) is 24.2. The number of alkyl carbamates (subject to hydrolysis) is 1. The summed E-state index contributed by atoms with van der Waals surface area (Å²) in [5.74, 6) is -3.49. The number of nitrogens with one attached hydrogen (secondary N) is 4. The molecule has 2 heterocycles. The number of esters is 1. The number of fused-ring (bicyclic) bond motifs is 1. The summed E-state index contributed by atoms with van der Waals surface area (Å²) in [5, 5.41) is 24.8. The lowest BCUT2D eigenvalue weighted by atomic mass is 10.0. The molecule has 1 aliphatic rings. The number of rotatable bonds is 8. The molecule has 34 heavy (non-hydrogen) atoms. The number of furan rings is 1. The SMILES string of the molecule is CC(=O)OCOC(=O)NC(=N)c1ccc2oc(C(=O)NCC3CC(CC(=O)O)C(=O)N3)cc2c1. The smallest absolute Gasteiger partial charge is 0.415 e. The molecule has 1 aliphatic heterocycles. The zero-order valence-corrected chi connectivity index (χ0v) is 18.0. The molecule has 13 heteroatoms. The standard InChI is InChI=1S/C21H22N4O9/c1-10(26)32-9-33-21(31)25-18(22)11-2-3-15-12(4-11)6-16(34-15)20(30)23-8-14-5-13(7-17(27)28)19(29)24-14/h2-4,6,13-14H,5,7-9H2,1H3,(H,23,30)(H,24,29)(H,27,28)(H2,22,25,31). The third kappa shape index (κ3) is 6.31. The predicted octanol–water partition coefficient (Wildman–Crippen LogP) is 0.714. The molecule has 3 amide bonds.